The first kappa shape index (κ1) is 15.8. The van der Waals surface area contributed by atoms with Gasteiger partial charge >= 0.3 is 5.97 Å². The van der Waals surface area contributed by atoms with Gasteiger partial charge in [-0.2, -0.15) is 0 Å². The molecule has 2 N–H and O–H groups in total. The number of benzene rings is 1. The van der Waals surface area contributed by atoms with Gasteiger partial charge in [-0.15, -0.1) is 0 Å². The number of rotatable bonds is 7. The van der Waals surface area contributed by atoms with Gasteiger partial charge in [0.15, 0.2) is 0 Å². The van der Waals surface area contributed by atoms with E-state index in [9.17, 15) is 9.90 Å². The van der Waals surface area contributed by atoms with Crippen LogP contribution >= 0.6 is 11.6 Å². The lowest BCUT2D eigenvalue weighted by molar-refractivity contribution is -0.143. The standard InChI is InChI=1S/C15H22ClNO2/c1-4-11(3)10-15(5-2,14(18)19)17-13-9-7-6-8-12(13)16/h6-9,11,17H,4-5,10H2,1-3H3,(H,18,19). The van der Waals surface area contributed by atoms with E-state index in [0.717, 1.165) is 6.42 Å². The SMILES string of the molecule is CCC(C)CC(CC)(Nc1ccccc1Cl)C(=O)O. The molecule has 0 aromatic heterocycles. The van der Waals surface area contributed by atoms with E-state index in [0.29, 0.717) is 29.5 Å². The van der Waals surface area contributed by atoms with E-state index in [4.69, 9.17) is 11.6 Å². The molecule has 0 heterocycles. The lowest BCUT2D eigenvalue weighted by atomic mass is 9.84. The van der Waals surface area contributed by atoms with Crippen molar-refractivity contribution in [3.05, 3.63) is 29.3 Å². The average Bonchev–Trinajstić information content (AvgIpc) is 2.39. The number of aliphatic carboxylic acids is 1. The van der Waals surface area contributed by atoms with Crippen molar-refractivity contribution in [3.8, 4) is 0 Å². The zero-order valence-electron chi connectivity index (χ0n) is 11.7. The number of carboxylic acids is 1. The van der Waals surface area contributed by atoms with Crippen molar-refractivity contribution in [2.75, 3.05) is 5.32 Å². The summed E-state index contributed by atoms with van der Waals surface area (Å²) in [4.78, 5) is 11.7. The van der Waals surface area contributed by atoms with Gasteiger partial charge in [0, 0.05) is 0 Å². The number of nitrogens with one attached hydrogen (secondary N) is 1. The molecular formula is C15H22ClNO2. The van der Waals surface area contributed by atoms with Gasteiger partial charge < -0.3 is 10.4 Å². The molecule has 0 bridgehead atoms. The Labute approximate surface area is 120 Å². The summed E-state index contributed by atoms with van der Waals surface area (Å²) in [5.41, 5.74) is -0.280. The van der Waals surface area contributed by atoms with Crippen molar-refractivity contribution < 1.29 is 9.90 Å². The van der Waals surface area contributed by atoms with Crippen LogP contribution in [0.1, 0.15) is 40.0 Å². The molecule has 19 heavy (non-hydrogen) atoms. The van der Waals surface area contributed by atoms with E-state index in [1.165, 1.54) is 0 Å². The zero-order chi connectivity index (χ0) is 14.5. The number of halogens is 1. The minimum atomic E-state index is -0.958. The van der Waals surface area contributed by atoms with Crippen LogP contribution in [0, 0.1) is 5.92 Å². The largest absolute Gasteiger partial charge is 0.480 e. The van der Waals surface area contributed by atoms with Crippen molar-refractivity contribution >= 4 is 23.3 Å². The van der Waals surface area contributed by atoms with Gasteiger partial charge in [-0.25, -0.2) is 4.79 Å². The highest BCUT2D eigenvalue weighted by molar-refractivity contribution is 6.33. The van der Waals surface area contributed by atoms with Crippen molar-refractivity contribution in [2.45, 2.75) is 45.6 Å². The summed E-state index contributed by atoms with van der Waals surface area (Å²) in [7, 11) is 0. The van der Waals surface area contributed by atoms with Crippen LogP contribution in [-0.4, -0.2) is 16.6 Å². The van der Waals surface area contributed by atoms with Crippen LogP contribution in [0.2, 0.25) is 5.02 Å². The first-order chi connectivity index (χ1) is 8.95. The van der Waals surface area contributed by atoms with Crippen LogP contribution in [0.4, 0.5) is 5.69 Å². The normalized spacial score (nSPS) is 15.6. The number of hydrogen-bond donors (Lipinski definition) is 2. The number of anilines is 1. The Bertz CT molecular complexity index is 436. The molecule has 0 radical (unpaired) electrons. The summed E-state index contributed by atoms with van der Waals surface area (Å²) in [6.45, 7) is 6.03. The van der Waals surface area contributed by atoms with E-state index >= 15 is 0 Å². The van der Waals surface area contributed by atoms with Crippen LogP contribution in [0.15, 0.2) is 24.3 Å². The highest BCUT2D eigenvalue weighted by atomic mass is 35.5. The Morgan fingerprint density at radius 3 is 2.53 bits per heavy atom. The van der Waals surface area contributed by atoms with Gasteiger partial charge in [0.05, 0.1) is 10.7 Å². The first-order valence-electron chi connectivity index (χ1n) is 6.71. The molecular weight excluding hydrogens is 262 g/mol. The molecule has 2 unspecified atom stereocenters. The van der Waals surface area contributed by atoms with Crippen molar-refractivity contribution in [1.29, 1.82) is 0 Å². The second kappa shape index (κ2) is 6.80. The monoisotopic (exact) mass is 283 g/mol. The maximum Gasteiger partial charge on any atom is 0.329 e. The van der Waals surface area contributed by atoms with Crippen LogP contribution < -0.4 is 5.32 Å². The first-order valence-corrected chi connectivity index (χ1v) is 7.09. The molecule has 0 amide bonds. The van der Waals surface area contributed by atoms with E-state index in [2.05, 4.69) is 19.2 Å². The molecule has 0 aliphatic heterocycles. The lowest BCUT2D eigenvalue weighted by Gasteiger charge is -2.33. The van der Waals surface area contributed by atoms with Crippen LogP contribution in [-0.2, 0) is 4.79 Å². The van der Waals surface area contributed by atoms with E-state index < -0.39 is 11.5 Å². The Kier molecular flexibility index (Phi) is 5.67. The summed E-state index contributed by atoms with van der Waals surface area (Å²) < 4.78 is 0. The molecule has 3 nitrogen and oxygen atoms in total. The molecule has 1 aromatic rings. The quantitative estimate of drug-likeness (QED) is 0.779. The summed E-state index contributed by atoms with van der Waals surface area (Å²) in [6, 6.07) is 7.25. The third-order valence-corrected chi connectivity index (χ3v) is 3.98. The molecule has 0 aliphatic rings. The summed E-state index contributed by atoms with van der Waals surface area (Å²) in [6.07, 6.45) is 2.05. The molecule has 0 aliphatic carbocycles. The predicted octanol–water partition coefficient (Wildman–Crippen LogP) is 4.42. The van der Waals surface area contributed by atoms with Gasteiger partial charge in [0.1, 0.15) is 5.54 Å². The van der Waals surface area contributed by atoms with Crippen molar-refractivity contribution in [2.24, 2.45) is 5.92 Å². The third-order valence-electron chi connectivity index (χ3n) is 3.65. The number of hydrogen-bond acceptors (Lipinski definition) is 2. The van der Waals surface area contributed by atoms with Crippen LogP contribution in [0.5, 0.6) is 0 Å². The molecule has 0 saturated heterocycles. The van der Waals surface area contributed by atoms with E-state index in [1.54, 1.807) is 6.07 Å². The Balaban J connectivity index is 3.04. The lowest BCUT2D eigenvalue weighted by Crippen LogP contribution is -2.47. The molecule has 1 aromatic carbocycles. The minimum Gasteiger partial charge on any atom is -0.480 e. The number of carboxylic acid groups (broad SMARTS) is 1. The van der Waals surface area contributed by atoms with Gasteiger partial charge in [-0.05, 0) is 30.9 Å². The predicted molar refractivity (Wildman–Crippen MR) is 79.8 cm³/mol. The van der Waals surface area contributed by atoms with Crippen LogP contribution in [0.3, 0.4) is 0 Å². The Morgan fingerprint density at radius 2 is 2.05 bits per heavy atom. The second-order valence-electron chi connectivity index (χ2n) is 5.06. The maximum absolute atomic E-state index is 11.7. The molecule has 1 rings (SSSR count). The fourth-order valence-electron chi connectivity index (χ4n) is 2.14. The molecule has 0 saturated carbocycles. The fourth-order valence-corrected chi connectivity index (χ4v) is 2.32. The van der Waals surface area contributed by atoms with Gasteiger partial charge in [-0.3, -0.25) is 0 Å². The topological polar surface area (TPSA) is 49.3 Å². The maximum atomic E-state index is 11.7. The van der Waals surface area contributed by atoms with Gasteiger partial charge in [-0.1, -0.05) is 50.9 Å². The third kappa shape index (κ3) is 3.87. The molecule has 4 heteroatoms. The van der Waals surface area contributed by atoms with Crippen molar-refractivity contribution in [1.82, 2.24) is 0 Å². The fraction of sp³-hybridized carbons (Fsp3) is 0.533. The minimum absolute atomic E-state index is 0.339. The Hall–Kier alpha value is -1.22. The highest BCUT2D eigenvalue weighted by Crippen LogP contribution is 2.31. The molecule has 106 valence electrons. The summed E-state index contributed by atoms with van der Waals surface area (Å²) in [5, 5.41) is 13.3. The molecule has 0 fully saturated rings. The number of para-hydroxylation sites is 1. The van der Waals surface area contributed by atoms with E-state index in [1.807, 2.05) is 25.1 Å². The zero-order valence-corrected chi connectivity index (χ0v) is 12.5. The molecule has 0 spiro atoms. The summed E-state index contributed by atoms with van der Waals surface area (Å²) >= 11 is 6.11. The average molecular weight is 284 g/mol. The van der Waals surface area contributed by atoms with E-state index in [-0.39, 0.29) is 0 Å². The highest BCUT2D eigenvalue weighted by Gasteiger charge is 2.38. The second-order valence-corrected chi connectivity index (χ2v) is 5.47. The van der Waals surface area contributed by atoms with Gasteiger partial charge in [0.2, 0.25) is 0 Å². The van der Waals surface area contributed by atoms with Gasteiger partial charge in [0.25, 0.3) is 0 Å². The molecule has 2 atom stereocenters. The van der Waals surface area contributed by atoms with Crippen LogP contribution in [0.25, 0.3) is 0 Å². The Morgan fingerprint density at radius 1 is 1.42 bits per heavy atom. The summed E-state index contributed by atoms with van der Waals surface area (Å²) in [5.74, 6) is -0.485. The van der Waals surface area contributed by atoms with Crippen molar-refractivity contribution in [3.63, 3.8) is 0 Å². The number of carbonyl (C=O) groups is 1. The smallest absolute Gasteiger partial charge is 0.329 e.